The predicted molar refractivity (Wildman–Crippen MR) is 623 cm³/mol. The number of rotatable bonds is 12. The third kappa shape index (κ3) is 15.9. The van der Waals surface area contributed by atoms with Crippen LogP contribution in [0.25, 0.3) is 247 Å². The maximum Gasteiger partial charge on any atom is 0.0541 e. The van der Waals surface area contributed by atoms with E-state index in [1.165, 1.54) is 270 Å². The maximum absolute atomic E-state index is 2.43. The van der Waals surface area contributed by atoms with Gasteiger partial charge in [-0.1, -0.05) is 465 Å². The fourth-order valence-electron chi connectivity index (χ4n) is 22.9. The van der Waals surface area contributed by atoms with Crippen LogP contribution < -0.4 is 0 Å². The van der Waals surface area contributed by atoms with Gasteiger partial charge in [0.25, 0.3) is 0 Å². The van der Waals surface area contributed by atoms with Crippen LogP contribution in [-0.2, 0) is 10.8 Å². The van der Waals surface area contributed by atoms with Crippen molar-refractivity contribution in [2.75, 3.05) is 0 Å². The minimum Gasteiger partial charge on any atom is -0.309 e. The summed E-state index contributed by atoms with van der Waals surface area (Å²) in [4.78, 5) is 0. The van der Waals surface area contributed by atoms with E-state index in [9.17, 15) is 0 Å². The molecule has 3 heteroatoms. The van der Waals surface area contributed by atoms with E-state index in [-0.39, 0.29) is 10.8 Å². The van der Waals surface area contributed by atoms with Crippen molar-refractivity contribution in [3.05, 3.63) is 526 Å². The fraction of sp³-hybridized carbons (Fsp3) is 0.0704. The Bertz CT molecular complexity index is 9530. The van der Waals surface area contributed by atoms with Crippen LogP contribution in [0, 0.1) is 13.8 Å². The van der Waals surface area contributed by atoms with Gasteiger partial charge in [0.1, 0.15) is 0 Å². The molecule has 27 aromatic rings. The summed E-state index contributed by atoms with van der Waals surface area (Å²) in [6.45, 7) is 18.0. The number of benzene rings is 24. The molecule has 0 aliphatic rings. The molecule has 3 heterocycles. The lowest BCUT2D eigenvalue weighted by atomic mass is 9.82. The molecule has 0 unspecified atom stereocenters. The maximum atomic E-state index is 2.43. The van der Waals surface area contributed by atoms with Crippen molar-refractivity contribution in [3.8, 4) is 117 Å². The van der Waals surface area contributed by atoms with Gasteiger partial charge in [-0.15, -0.1) is 0 Å². The van der Waals surface area contributed by atoms with Crippen LogP contribution in [0.5, 0.6) is 0 Å². The van der Waals surface area contributed by atoms with E-state index in [4.69, 9.17) is 0 Å². The van der Waals surface area contributed by atoms with Crippen molar-refractivity contribution in [2.24, 2.45) is 0 Å². The smallest absolute Gasteiger partial charge is 0.0541 e. The highest BCUT2D eigenvalue weighted by Gasteiger charge is 2.26. The van der Waals surface area contributed by atoms with E-state index in [0.717, 1.165) is 0 Å². The Labute approximate surface area is 846 Å². The highest BCUT2D eigenvalue weighted by atomic mass is 15.0. The normalized spacial score (nSPS) is 11.9. The van der Waals surface area contributed by atoms with Gasteiger partial charge in [-0.2, -0.15) is 0 Å². The summed E-state index contributed by atoms with van der Waals surface area (Å²) in [6.07, 6.45) is 0. The number of aryl methyl sites for hydroxylation is 2. The third-order valence-corrected chi connectivity index (χ3v) is 30.1. The van der Waals surface area contributed by atoms with E-state index in [1.54, 1.807) is 0 Å². The number of hydrogen-bond acceptors (Lipinski definition) is 0. The van der Waals surface area contributed by atoms with Crippen LogP contribution in [0.3, 0.4) is 0 Å². The minimum absolute atomic E-state index is 0.0876. The zero-order valence-corrected chi connectivity index (χ0v) is 82.8. The molecule has 0 radical (unpaired) electrons. The van der Waals surface area contributed by atoms with Crippen LogP contribution >= 0.6 is 0 Å². The number of para-hydroxylation sites is 6. The summed E-state index contributed by atoms with van der Waals surface area (Å²) in [5.41, 5.74) is 38.7. The molecule has 145 heavy (non-hydrogen) atoms. The molecule has 0 aliphatic carbocycles. The SMILES string of the molecule is CC(C)(C)c1ccc(-c2c3ccccc3c(-c3ccc(C(C)(C)C)cc3)c3cc(-c4ccc(-n5c6ccccc6c6ccccc65)cc4)ccc23)cc1.Cc1ccc(-c2c3ccccc3c(-c3ccc(C)cc3)c3cc(-c4ccc(-n5c6ccccc6c6ccccc65)cc4)ccc23)cc1.c1ccc(-c2c3ccccc3c(-c3ccccc3)c3cc(-c4ccc(-n5c6ccccc6c6ccccc65)cc4)ccc23)cc1. The highest BCUT2D eigenvalue weighted by molar-refractivity contribution is 6.26. The molecule has 3 nitrogen and oxygen atoms in total. The van der Waals surface area contributed by atoms with Crippen molar-refractivity contribution in [2.45, 2.75) is 66.2 Å². The Morgan fingerprint density at radius 2 is 0.297 bits per heavy atom. The van der Waals surface area contributed by atoms with E-state index in [1.807, 2.05) is 0 Å². The molecule has 0 aliphatic heterocycles. The monoisotopic (exact) mass is 1850 g/mol. The van der Waals surface area contributed by atoms with Gasteiger partial charge in [0.2, 0.25) is 0 Å². The lowest BCUT2D eigenvalue weighted by Crippen LogP contribution is -2.10. The van der Waals surface area contributed by atoms with Crippen LogP contribution in [0.4, 0.5) is 0 Å². The summed E-state index contributed by atoms with van der Waals surface area (Å²) < 4.78 is 7.14. The van der Waals surface area contributed by atoms with Gasteiger partial charge < -0.3 is 13.7 Å². The Morgan fingerprint density at radius 1 is 0.131 bits per heavy atom. The first-order valence-corrected chi connectivity index (χ1v) is 50.7. The van der Waals surface area contributed by atoms with E-state index in [2.05, 4.69) is 573 Å². The molecule has 24 aromatic carbocycles. The zero-order chi connectivity index (χ0) is 97.7. The molecule has 3 aromatic heterocycles. The zero-order valence-electron chi connectivity index (χ0n) is 82.8. The van der Waals surface area contributed by atoms with Crippen LogP contribution in [0.15, 0.2) is 504 Å². The summed E-state index contributed by atoms with van der Waals surface area (Å²) in [7, 11) is 0. The second-order valence-electron chi connectivity index (χ2n) is 41.0. The summed E-state index contributed by atoms with van der Waals surface area (Å²) in [6, 6.07) is 185. The topological polar surface area (TPSA) is 14.8 Å². The van der Waals surface area contributed by atoms with Gasteiger partial charge >= 0.3 is 0 Å². The Balaban J connectivity index is 0.000000114. The van der Waals surface area contributed by atoms with Gasteiger partial charge in [0.15, 0.2) is 0 Å². The number of aromatic nitrogens is 3. The largest absolute Gasteiger partial charge is 0.309 e. The van der Waals surface area contributed by atoms with Crippen LogP contribution in [0.1, 0.15) is 63.8 Å². The number of fused-ring (bicyclic) bond motifs is 15. The second kappa shape index (κ2) is 36.4. The highest BCUT2D eigenvalue weighted by Crippen LogP contribution is 2.51. The van der Waals surface area contributed by atoms with E-state index in [0.29, 0.717) is 0 Å². The van der Waals surface area contributed by atoms with E-state index < -0.39 is 0 Å². The van der Waals surface area contributed by atoms with Crippen molar-refractivity contribution >= 4 is 130 Å². The first-order chi connectivity index (χ1) is 71.0. The van der Waals surface area contributed by atoms with Crippen LogP contribution in [-0.4, -0.2) is 13.7 Å². The fourth-order valence-corrected chi connectivity index (χ4v) is 22.9. The lowest BCUT2D eigenvalue weighted by Gasteiger charge is -2.22. The molecule has 27 rings (SSSR count). The van der Waals surface area contributed by atoms with E-state index >= 15 is 0 Å². The quantitative estimate of drug-likeness (QED) is 0.108. The predicted octanol–water partition coefficient (Wildman–Crippen LogP) is 39.5. The summed E-state index contributed by atoms with van der Waals surface area (Å²) >= 11 is 0. The first-order valence-electron chi connectivity index (χ1n) is 50.7. The summed E-state index contributed by atoms with van der Waals surface area (Å²) in [5.74, 6) is 0. The average molecular weight is 1860 g/mol. The van der Waals surface area contributed by atoms with Gasteiger partial charge in [-0.05, 0) is 292 Å². The molecule has 0 bridgehead atoms. The molecular weight excluding hydrogens is 1750 g/mol. The van der Waals surface area contributed by atoms with Crippen molar-refractivity contribution < 1.29 is 0 Å². The average Bonchev–Trinajstić information content (AvgIpc) is 1.70. The molecule has 0 saturated heterocycles. The number of nitrogens with zero attached hydrogens (tertiary/aromatic N) is 3. The second-order valence-corrected chi connectivity index (χ2v) is 41.0. The molecule has 690 valence electrons. The van der Waals surface area contributed by atoms with Gasteiger partial charge in [0, 0.05) is 49.4 Å². The van der Waals surface area contributed by atoms with Gasteiger partial charge in [-0.3, -0.25) is 0 Å². The third-order valence-electron chi connectivity index (χ3n) is 30.1. The van der Waals surface area contributed by atoms with Crippen molar-refractivity contribution in [1.82, 2.24) is 13.7 Å². The van der Waals surface area contributed by atoms with Crippen LogP contribution in [0.2, 0.25) is 0 Å². The Hall–Kier alpha value is -17.8. The lowest BCUT2D eigenvalue weighted by molar-refractivity contribution is 0.590. The molecule has 0 amide bonds. The molecule has 0 atom stereocenters. The molecule has 0 fully saturated rings. The standard InChI is InChI=1S/C52H45N.C46H33N.C44H29N/c1-51(2,3)38-26-19-35(20-27-38)49-43-15-7-8-16-44(43)50(36-21-28-39(29-22-36)52(4,5)6)46-33-37(25-32-45(46)49)34-23-30-40(31-24-34)53-47-17-11-9-13-41(47)42-14-10-12-18-48(42)53;1-30-15-19-33(20-16-30)45-39-11-3-4-12-40(39)46(34-21-17-31(2)18-22-34)42-29-35(25-28-41(42)45)32-23-26-36(27-24-32)47-43-13-7-5-9-37(43)38-10-6-8-14-44(38)47;1-3-13-31(14-4-1)43-37-19-7-8-20-38(37)44(32-15-5-2-6-16-32)40-29-33(25-28-39(40)43)30-23-26-34(27-24-30)45-41-21-11-9-17-35(41)36-18-10-12-22-42(36)45/h7-33H,1-6H3;3-29H,1-2H3;1-29H. The molecule has 0 spiro atoms. The van der Waals surface area contributed by atoms with Crippen molar-refractivity contribution in [3.63, 3.8) is 0 Å². The molecular formula is C142H107N3. The van der Waals surface area contributed by atoms with Crippen molar-refractivity contribution in [1.29, 1.82) is 0 Å². The minimum atomic E-state index is 0.0876. The first kappa shape index (κ1) is 88.7. The summed E-state index contributed by atoms with van der Waals surface area (Å²) in [5, 5.41) is 23.0. The van der Waals surface area contributed by atoms with Gasteiger partial charge in [-0.25, -0.2) is 0 Å². The number of hydrogen-bond donors (Lipinski definition) is 0. The molecule has 0 N–H and O–H groups in total. The van der Waals surface area contributed by atoms with Gasteiger partial charge in [0.05, 0.1) is 33.1 Å². The molecule has 0 saturated carbocycles. The Morgan fingerprint density at radius 3 is 0.517 bits per heavy atom. The Kier molecular flexibility index (Phi) is 22.3.